The highest BCUT2D eigenvalue weighted by atomic mass is 32.1. The first-order valence-corrected chi connectivity index (χ1v) is 9.58. The van der Waals surface area contributed by atoms with E-state index in [1.807, 2.05) is 62.4 Å². The Labute approximate surface area is 162 Å². The molecule has 0 unspecified atom stereocenters. The number of nitrogens with zero attached hydrogens (tertiary/aromatic N) is 1. The molecule has 5 nitrogen and oxygen atoms in total. The number of aromatic nitrogens is 1. The first-order valence-electron chi connectivity index (χ1n) is 8.70. The molecule has 1 heterocycles. The number of amides is 2. The van der Waals surface area contributed by atoms with Crippen LogP contribution in [0.5, 0.6) is 0 Å². The van der Waals surface area contributed by atoms with Crippen molar-refractivity contribution < 1.29 is 9.59 Å². The van der Waals surface area contributed by atoms with E-state index < -0.39 is 0 Å². The number of anilines is 2. The number of thiazole rings is 1. The standard InChI is InChI=1S/C21H21N3O2S/c1-14-7-6-8-15(2)19(14)24-20(26)17-13-27-21(22-17)23-18(25)12-11-16-9-4-3-5-10-16/h3-10,13H,11-12H2,1-2H3,(H,24,26)(H,22,23,25). The number of carbonyl (C=O) groups is 2. The van der Waals surface area contributed by atoms with Gasteiger partial charge in [0, 0.05) is 17.5 Å². The number of nitrogens with one attached hydrogen (secondary N) is 2. The van der Waals surface area contributed by atoms with Crippen LogP contribution >= 0.6 is 11.3 Å². The Morgan fingerprint density at radius 1 is 0.963 bits per heavy atom. The maximum atomic E-state index is 12.4. The zero-order chi connectivity index (χ0) is 19.2. The van der Waals surface area contributed by atoms with Crippen LogP contribution in [0.25, 0.3) is 0 Å². The fraction of sp³-hybridized carbons (Fsp3) is 0.190. The van der Waals surface area contributed by atoms with E-state index in [-0.39, 0.29) is 11.8 Å². The lowest BCUT2D eigenvalue weighted by atomic mass is 10.1. The molecule has 3 aromatic rings. The molecule has 0 aliphatic heterocycles. The van der Waals surface area contributed by atoms with Gasteiger partial charge in [-0.15, -0.1) is 11.3 Å². The van der Waals surface area contributed by atoms with Crippen molar-refractivity contribution in [3.63, 3.8) is 0 Å². The van der Waals surface area contributed by atoms with Crippen molar-refractivity contribution in [1.82, 2.24) is 4.98 Å². The highest BCUT2D eigenvalue weighted by Gasteiger charge is 2.14. The highest BCUT2D eigenvalue weighted by Crippen LogP contribution is 2.22. The molecule has 3 rings (SSSR count). The molecule has 0 aliphatic carbocycles. The number of benzene rings is 2. The van der Waals surface area contributed by atoms with Crippen molar-refractivity contribution in [2.45, 2.75) is 26.7 Å². The van der Waals surface area contributed by atoms with Crippen LogP contribution in [0.4, 0.5) is 10.8 Å². The van der Waals surface area contributed by atoms with Gasteiger partial charge >= 0.3 is 0 Å². The first-order chi connectivity index (χ1) is 13.0. The molecule has 2 aromatic carbocycles. The van der Waals surface area contributed by atoms with Crippen LogP contribution in [0.3, 0.4) is 0 Å². The summed E-state index contributed by atoms with van der Waals surface area (Å²) in [7, 11) is 0. The van der Waals surface area contributed by atoms with Crippen molar-refractivity contribution >= 4 is 34.0 Å². The van der Waals surface area contributed by atoms with Gasteiger partial charge in [0.15, 0.2) is 5.13 Å². The highest BCUT2D eigenvalue weighted by molar-refractivity contribution is 7.14. The summed E-state index contributed by atoms with van der Waals surface area (Å²) in [4.78, 5) is 28.8. The van der Waals surface area contributed by atoms with Crippen LogP contribution in [0.15, 0.2) is 53.9 Å². The van der Waals surface area contributed by atoms with Crippen molar-refractivity contribution in [3.8, 4) is 0 Å². The van der Waals surface area contributed by atoms with E-state index in [2.05, 4.69) is 15.6 Å². The molecule has 0 saturated heterocycles. The molecule has 6 heteroatoms. The topological polar surface area (TPSA) is 71.1 Å². The largest absolute Gasteiger partial charge is 0.320 e. The molecule has 27 heavy (non-hydrogen) atoms. The summed E-state index contributed by atoms with van der Waals surface area (Å²) < 4.78 is 0. The zero-order valence-electron chi connectivity index (χ0n) is 15.3. The van der Waals surface area contributed by atoms with Crippen LogP contribution in [0, 0.1) is 13.8 Å². The summed E-state index contributed by atoms with van der Waals surface area (Å²) in [6, 6.07) is 15.7. The summed E-state index contributed by atoms with van der Waals surface area (Å²) in [5.41, 5.74) is 4.19. The van der Waals surface area contributed by atoms with Gasteiger partial charge in [0.1, 0.15) is 5.69 Å². The Bertz CT molecular complexity index is 931. The molecule has 0 aliphatic rings. The maximum Gasteiger partial charge on any atom is 0.275 e. The smallest absolute Gasteiger partial charge is 0.275 e. The van der Waals surface area contributed by atoms with Gasteiger partial charge in [0.25, 0.3) is 5.91 Å². The van der Waals surface area contributed by atoms with Crippen molar-refractivity contribution in [2.75, 3.05) is 10.6 Å². The third-order valence-electron chi connectivity index (χ3n) is 4.19. The summed E-state index contributed by atoms with van der Waals surface area (Å²) in [6.07, 6.45) is 1.03. The van der Waals surface area contributed by atoms with Crippen LogP contribution in [0.1, 0.15) is 33.6 Å². The van der Waals surface area contributed by atoms with E-state index in [1.54, 1.807) is 5.38 Å². The monoisotopic (exact) mass is 379 g/mol. The lowest BCUT2D eigenvalue weighted by molar-refractivity contribution is -0.116. The molecule has 2 amide bonds. The summed E-state index contributed by atoms with van der Waals surface area (Å²) >= 11 is 1.24. The van der Waals surface area contributed by atoms with E-state index >= 15 is 0 Å². The third kappa shape index (κ3) is 5.01. The second kappa shape index (κ2) is 8.60. The number of carbonyl (C=O) groups excluding carboxylic acids is 2. The number of aryl methyl sites for hydroxylation is 3. The fourth-order valence-corrected chi connectivity index (χ4v) is 3.42. The van der Waals surface area contributed by atoms with Crippen molar-refractivity contribution in [2.24, 2.45) is 0 Å². The lowest BCUT2D eigenvalue weighted by Gasteiger charge is -2.10. The minimum absolute atomic E-state index is 0.116. The molecule has 1 aromatic heterocycles. The van der Waals surface area contributed by atoms with Gasteiger partial charge in [-0.05, 0) is 37.0 Å². The minimum atomic E-state index is -0.284. The molecular formula is C21H21N3O2S. The van der Waals surface area contributed by atoms with Gasteiger partial charge in [-0.1, -0.05) is 48.5 Å². The lowest BCUT2D eigenvalue weighted by Crippen LogP contribution is -2.15. The average molecular weight is 379 g/mol. The van der Waals surface area contributed by atoms with Gasteiger partial charge in [-0.2, -0.15) is 0 Å². The van der Waals surface area contributed by atoms with E-state index in [4.69, 9.17) is 0 Å². The molecule has 0 atom stereocenters. The summed E-state index contributed by atoms with van der Waals surface area (Å²) in [6.45, 7) is 3.89. The van der Waals surface area contributed by atoms with Gasteiger partial charge in [-0.3, -0.25) is 9.59 Å². The van der Waals surface area contributed by atoms with Crippen LogP contribution in [0.2, 0.25) is 0 Å². The van der Waals surface area contributed by atoms with E-state index in [9.17, 15) is 9.59 Å². The number of para-hydroxylation sites is 1. The maximum absolute atomic E-state index is 12.4. The Morgan fingerprint density at radius 3 is 2.37 bits per heavy atom. The van der Waals surface area contributed by atoms with Gasteiger partial charge in [0.05, 0.1) is 0 Å². The summed E-state index contributed by atoms with van der Waals surface area (Å²) in [5.74, 6) is -0.400. The van der Waals surface area contributed by atoms with Gasteiger partial charge < -0.3 is 10.6 Å². The van der Waals surface area contributed by atoms with Crippen molar-refractivity contribution in [3.05, 3.63) is 76.3 Å². The predicted molar refractivity (Wildman–Crippen MR) is 109 cm³/mol. The molecule has 0 radical (unpaired) electrons. The fourth-order valence-electron chi connectivity index (χ4n) is 2.71. The molecular weight excluding hydrogens is 358 g/mol. The number of hydrogen-bond donors (Lipinski definition) is 2. The Balaban J connectivity index is 1.57. The number of hydrogen-bond acceptors (Lipinski definition) is 4. The van der Waals surface area contributed by atoms with Gasteiger partial charge in [0.2, 0.25) is 5.91 Å². The SMILES string of the molecule is Cc1cccc(C)c1NC(=O)c1csc(NC(=O)CCc2ccccc2)n1. The predicted octanol–water partition coefficient (Wildman–Crippen LogP) is 4.58. The molecule has 0 bridgehead atoms. The Hall–Kier alpha value is -2.99. The third-order valence-corrected chi connectivity index (χ3v) is 4.94. The summed E-state index contributed by atoms with van der Waals surface area (Å²) in [5, 5.41) is 7.74. The van der Waals surface area contributed by atoms with E-state index in [0.717, 1.165) is 22.4 Å². The Kier molecular flexibility index (Phi) is 5.98. The molecule has 138 valence electrons. The van der Waals surface area contributed by atoms with Crippen LogP contribution < -0.4 is 10.6 Å². The molecule has 0 saturated carbocycles. The zero-order valence-corrected chi connectivity index (χ0v) is 16.1. The van der Waals surface area contributed by atoms with E-state index in [0.29, 0.717) is 23.7 Å². The first kappa shape index (κ1) is 18.8. The van der Waals surface area contributed by atoms with Crippen LogP contribution in [-0.2, 0) is 11.2 Å². The van der Waals surface area contributed by atoms with Crippen molar-refractivity contribution in [1.29, 1.82) is 0 Å². The quantitative estimate of drug-likeness (QED) is 0.658. The normalized spacial score (nSPS) is 10.4. The van der Waals surface area contributed by atoms with E-state index in [1.165, 1.54) is 11.3 Å². The Morgan fingerprint density at radius 2 is 1.67 bits per heavy atom. The average Bonchev–Trinajstić information content (AvgIpc) is 3.12. The number of rotatable bonds is 6. The van der Waals surface area contributed by atoms with Crippen LogP contribution in [-0.4, -0.2) is 16.8 Å². The second-order valence-electron chi connectivity index (χ2n) is 6.29. The van der Waals surface area contributed by atoms with Gasteiger partial charge in [-0.25, -0.2) is 4.98 Å². The minimum Gasteiger partial charge on any atom is -0.320 e. The molecule has 0 fully saturated rings. The second-order valence-corrected chi connectivity index (χ2v) is 7.15. The molecule has 0 spiro atoms. The molecule has 2 N–H and O–H groups in total.